The number of hydrogen-bond acceptors (Lipinski definition) is 3. The Balaban J connectivity index is 0.000000217. The van der Waals surface area contributed by atoms with Crippen LogP contribution in [0.3, 0.4) is 0 Å². The van der Waals surface area contributed by atoms with E-state index in [2.05, 4.69) is 34.5 Å². The largest absolute Gasteiger partial charge is 0.490 e. The Bertz CT molecular complexity index is 633. The minimum Gasteiger partial charge on any atom is -0.475 e. The van der Waals surface area contributed by atoms with Crippen LogP contribution in [0.4, 0.5) is 18.9 Å². The Morgan fingerprint density at radius 1 is 1.14 bits per heavy atom. The van der Waals surface area contributed by atoms with Gasteiger partial charge in [0.1, 0.15) is 0 Å². The Morgan fingerprint density at radius 2 is 1.77 bits per heavy atom. The number of halogens is 3. The number of piperidine rings is 1. The number of hydrogen-bond donors (Lipinski definition) is 1. The summed E-state index contributed by atoms with van der Waals surface area (Å²) in [5, 5.41) is 10.8. The van der Waals surface area contributed by atoms with Crippen LogP contribution in [0.15, 0.2) is 29.6 Å². The number of carboxylic acid groups (broad SMARTS) is 1. The maximum Gasteiger partial charge on any atom is 0.490 e. The van der Waals surface area contributed by atoms with Crippen molar-refractivity contribution >= 4 is 33.1 Å². The fourth-order valence-corrected chi connectivity index (χ4v) is 3.20. The van der Waals surface area contributed by atoms with Gasteiger partial charge in [0.15, 0.2) is 0 Å². The lowest BCUT2D eigenvalue weighted by atomic mass is 10.1. The number of aliphatic carboxylic acids is 1. The summed E-state index contributed by atoms with van der Waals surface area (Å²) in [6, 6.07) is 8.92. The van der Waals surface area contributed by atoms with Crippen LogP contribution in [0.5, 0.6) is 0 Å². The smallest absolute Gasteiger partial charge is 0.475 e. The van der Waals surface area contributed by atoms with Crippen LogP contribution in [0, 0.1) is 0 Å². The second-order valence-corrected chi connectivity index (χ2v) is 5.91. The van der Waals surface area contributed by atoms with Gasteiger partial charge in [-0.2, -0.15) is 13.2 Å². The number of alkyl halides is 3. The van der Waals surface area contributed by atoms with E-state index in [9.17, 15) is 13.2 Å². The lowest BCUT2D eigenvalue weighted by molar-refractivity contribution is -0.192. The van der Waals surface area contributed by atoms with Crippen molar-refractivity contribution in [2.75, 3.05) is 18.0 Å². The highest BCUT2D eigenvalue weighted by atomic mass is 32.1. The van der Waals surface area contributed by atoms with E-state index in [1.807, 2.05) is 11.3 Å². The van der Waals surface area contributed by atoms with E-state index in [0.717, 1.165) is 0 Å². The molecule has 3 rings (SSSR count). The molecule has 120 valence electrons. The molecule has 7 heteroatoms. The molecule has 1 aromatic heterocycles. The minimum atomic E-state index is -5.08. The van der Waals surface area contributed by atoms with Gasteiger partial charge in [-0.15, -0.1) is 11.3 Å². The third-order valence-electron chi connectivity index (χ3n) is 3.41. The monoisotopic (exact) mass is 331 g/mol. The predicted octanol–water partition coefficient (Wildman–Crippen LogP) is 4.52. The van der Waals surface area contributed by atoms with E-state index < -0.39 is 12.1 Å². The van der Waals surface area contributed by atoms with Crippen molar-refractivity contribution in [1.29, 1.82) is 0 Å². The second-order valence-electron chi connectivity index (χ2n) is 4.96. The SMILES string of the molecule is O=C(O)C(F)(F)F.c1cc(N2CCCCC2)c2ccsc2c1. The van der Waals surface area contributed by atoms with Crippen molar-refractivity contribution in [3.05, 3.63) is 29.6 Å². The van der Waals surface area contributed by atoms with Gasteiger partial charge in [-0.25, -0.2) is 4.79 Å². The summed E-state index contributed by atoms with van der Waals surface area (Å²) in [6.07, 6.45) is -0.989. The van der Waals surface area contributed by atoms with E-state index in [0.29, 0.717) is 0 Å². The normalized spacial score (nSPS) is 15.3. The van der Waals surface area contributed by atoms with E-state index in [1.165, 1.54) is 48.1 Å². The van der Waals surface area contributed by atoms with Crippen molar-refractivity contribution in [3.63, 3.8) is 0 Å². The second kappa shape index (κ2) is 7.00. The van der Waals surface area contributed by atoms with Crippen LogP contribution >= 0.6 is 11.3 Å². The number of carboxylic acids is 1. The molecule has 0 bridgehead atoms. The van der Waals surface area contributed by atoms with Crippen LogP contribution in [-0.4, -0.2) is 30.3 Å². The molecular formula is C15H16F3NO2S. The fraction of sp³-hybridized carbons (Fsp3) is 0.400. The molecule has 2 heterocycles. The lowest BCUT2D eigenvalue weighted by Crippen LogP contribution is -2.29. The zero-order valence-corrected chi connectivity index (χ0v) is 12.6. The highest BCUT2D eigenvalue weighted by molar-refractivity contribution is 7.17. The standard InChI is InChI=1S/C13H15NS.C2HF3O2/c1-2-8-14(9-3-1)12-5-4-6-13-11(12)7-10-15-13;3-2(4,5)1(6)7/h4-7,10H,1-3,8-9H2;(H,6,7). The van der Waals surface area contributed by atoms with Crippen LogP contribution in [0.25, 0.3) is 10.1 Å². The number of rotatable bonds is 1. The van der Waals surface area contributed by atoms with Crippen molar-refractivity contribution < 1.29 is 23.1 Å². The van der Waals surface area contributed by atoms with Crippen molar-refractivity contribution in [1.82, 2.24) is 0 Å². The molecule has 0 unspecified atom stereocenters. The summed E-state index contributed by atoms with van der Waals surface area (Å²) in [4.78, 5) is 11.4. The van der Waals surface area contributed by atoms with Gasteiger partial charge in [0.25, 0.3) is 0 Å². The Morgan fingerprint density at radius 3 is 2.36 bits per heavy atom. The van der Waals surface area contributed by atoms with Gasteiger partial charge in [-0.05, 0) is 42.8 Å². The first kappa shape index (κ1) is 16.6. The summed E-state index contributed by atoms with van der Waals surface area (Å²) in [5.41, 5.74) is 1.44. The van der Waals surface area contributed by atoms with Gasteiger partial charge in [-0.1, -0.05) is 6.07 Å². The van der Waals surface area contributed by atoms with Crippen LogP contribution in [0.2, 0.25) is 0 Å². The molecule has 1 aliphatic rings. The molecule has 2 aromatic rings. The van der Waals surface area contributed by atoms with Gasteiger partial charge in [0.2, 0.25) is 0 Å². The highest BCUT2D eigenvalue weighted by Gasteiger charge is 2.38. The quantitative estimate of drug-likeness (QED) is 0.835. The zero-order chi connectivity index (χ0) is 16.2. The Hall–Kier alpha value is -1.76. The van der Waals surface area contributed by atoms with Crippen molar-refractivity contribution in [2.45, 2.75) is 25.4 Å². The maximum atomic E-state index is 10.6. The molecule has 22 heavy (non-hydrogen) atoms. The lowest BCUT2D eigenvalue weighted by Gasteiger charge is -2.29. The molecular weight excluding hydrogens is 315 g/mol. The number of benzene rings is 1. The van der Waals surface area contributed by atoms with Crippen LogP contribution in [0.1, 0.15) is 19.3 Å². The zero-order valence-electron chi connectivity index (χ0n) is 11.8. The number of thiophene rings is 1. The van der Waals surface area contributed by atoms with Crippen LogP contribution < -0.4 is 4.90 Å². The first-order valence-electron chi connectivity index (χ1n) is 6.91. The van der Waals surface area contributed by atoms with Gasteiger partial charge in [-0.3, -0.25) is 0 Å². The molecule has 3 nitrogen and oxygen atoms in total. The summed E-state index contributed by atoms with van der Waals surface area (Å²) >= 11 is 1.84. The molecule has 0 amide bonds. The third-order valence-corrected chi connectivity index (χ3v) is 4.29. The van der Waals surface area contributed by atoms with Gasteiger partial charge < -0.3 is 10.0 Å². The van der Waals surface area contributed by atoms with Gasteiger partial charge in [0, 0.05) is 28.9 Å². The average molecular weight is 331 g/mol. The highest BCUT2D eigenvalue weighted by Crippen LogP contribution is 2.31. The van der Waals surface area contributed by atoms with E-state index in [-0.39, 0.29) is 0 Å². The molecule has 0 saturated carbocycles. The molecule has 1 saturated heterocycles. The minimum absolute atomic E-state index is 1.23. The molecule has 0 spiro atoms. The maximum absolute atomic E-state index is 10.6. The summed E-state index contributed by atoms with van der Waals surface area (Å²) in [7, 11) is 0. The first-order chi connectivity index (χ1) is 10.4. The summed E-state index contributed by atoms with van der Waals surface area (Å²) < 4.78 is 33.2. The number of anilines is 1. The van der Waals surface area contributed by atoms with Gasteiger partial charge in [0.05, 0.1) is 0 Å². The molecule has 1 aliphatic heterocycles. The Labute approximate surface area is 130 Å². The number of carbonyl (C=O) groups is 1. The first-order valence-corrected chi connectivity index (χ1v) is 7.79. The summed E-state index contributed by atoms with van der Waals surface area (Å²) in [5.74, 6) is -2.76. The van der Waals surface area contributed by atoms with Crippen molar-refractivity contribution in [3.8, 4) is 0 Å². The average Bonchev–Trinajstić information content (AvgIpc) is 2.96. The van der Waals surface area contributed by atoms with Gasteiger partial charge >= 0.3 is 12.1 Å². The van der Waals surface area contributed by atoms with E-state index >= 15 is 0 Å². The molecule has 1 N–H and O–H groups in total. The third kappa shape index (κ3) is 4.13. The fourth-order valence-electron chi connectivity index (χ4n) is 2.39. The van der Waals surface area contributed by atoms with Crippen LogP contribution in [-0.2, 0) is 4.79 Å². The Kier molecular flexibility index (Phi) is 5.28. The predicted molar refractivity (Wildman–Crippen MR) is 81.6 cm³/mol. The topological polar surface area (TPSA) is 40.5 Å². The molecule has 0 aliphatic carbocycles. The molecule has 0 atom stereocenters. The van der Waals surface area contributed by atoms with Crippen molar-refractivity contribution in [2.24, 2.45) is 0 Å². The number of fused-ring (bicyclic) bond motifs is 1. The molecule has 0 radical (unpaired) electrons. The van der Waals surface area contributed by atoms with E-state index in [1.54, 1.807) is 0 Å². The van der Waals surface area contributed by atoms with E-state index in [4.69, 9.17) is 9.90 Å². The molecule has 1 aromatic carbocycles. The summed E-state index contributed by atoms with van der Waals surface area (Å²) in [6.45, 7) is 2.46. The number of nitrogens with zero attached hydrogens (tertiary/aromatic N) is 1. The molecule has 1 fully saturated rings.